The minimum atomic E-state index is -1.12. The normalized spacial score (nSPS) is 12.4. The number of hydrogen-bond acceptors (Lipinski definition) is 6. The van der Waals surface area contributed by atoms with Crippen molar-refractivity contribution in [1.82, 2.24) is 20.3 Å². The molecule has 0 radical (unpaired) electrons. The van der Waals surface area contributed by atoms with E-state index in [0.29, 0.717) is 17.8 Å². The molecule has 1 unspecified atom stereocenters. The van der Waals surface area contributed by atoms with Crippen molar-refractivity contribution < 1.29 is 19.6 Å². The summed E-state index contributed by atoms with van der Waals surface area (Å²) in [6.45, 7) is 7.55. The lowest BCUT2D eigenvalue weighted by atomic mass is 9.88. The van der Waals surface area contributed by atoms with E-state index in [1.54, 1.807) is 13.0 Å². The minimum absolute atomic E-state index is 0.0338. The van der Waals surface area contributed by atoms with Gasteiger partial charge in [0, 0.05) is 12.1 Å². The van der Waals surface area contributed by atoms with Crippen molar-refractivity contribution in [3.8, 4) is 5.69 Å². The van der Waals surface area contributed by atoms with Crippen LogP contribution < -0.4 is 5.32 Å². The van der Waals surface area contributed by atoms with Gasteiger partial charge in [-0.3, -0.25) is 14.9 Å². The van der Waals surface area contributed by atoms with Crippen LogP contribution in [0, 0.1) is 22.5 Å². The van der Waals surface area contributed by atoms with Crippen molar-refractivity contribution >= 4 is 17.6 Å². The lowest BCUT2D eigenvalue weighted by molar-refractivity contribution is -0.384. The molecule has 0 aliphatic rings. The monoisotopic (exact) mass is 389 g/mol. The van der Waals surface area contributed by atoms with Gasteiger partial charge < -0.3 is 10.4 Å². The lowest BCUT2D eigenvalue weighted by Crippen LogP contribution is -2.41. The van der Waals surface area contributed by atoms with Crippen molar-refractivity contribution in [3.05, 3.63) is 45.8 Å². The quantitative estimate of drug-likeness (QED) is 0.547. The van der Waals surface area contributed by atoms with Gasteiger partial charge in [-0.25, -0.2) is 9.48 Å². The largest absolute Gasteiger partial charge is 0.480 e. The molecule has 1 aromatic carbocycles. The molecular weight excluding hydrogens is 366 g/mol. The zero-order chi connectivity index (χ0) is 21.1. The number of aromatic nitrogens is 3. The highest BCUT2D eigenvalue weighted by Crippen LogP contribution is 2.22. The molecule has 0 saturated heterocycles. The summed E-state index contributed by atoms with van der Waals surface area (Å²) in [5, 5.41) is 30.5. The highest BCUT2D eigenvalue weighted by molar-refractivity contribution is 5.95. The number of nitrogens with one attached hydrogen (secondary N) is 1. The smallest absolute Gasteiger partial charge is 0.326 e. The molecule has 0 spiro atoms. The predicted molar refractivity (Wildman–Crippen MR) is 100 cm³/mol. The van der Waals surface area contributed by atoms with Crippen LogP contribution in [0.25, 0.3) is 5.69 Å². The summed E-state index contributed by atoms with van der Waals surface area (Å²) in [6, 6.07) is 4.71. The van der Waals surface area contributed by atoms with Gasteiger partial charge in [0.15, 0.2) is 5.69 Å². The average Bonchev–Trinajstić information content (AvgIpc) is 2.99. The number of rotatable bonds is 7. The van der Waals surface area contributed by atoms with E-state index in [1.807, 2.05) is 20.8 Å². The van der Waals surface area contributed by atoms with E-state index in [9.17, 15) is 24.8 Å². The van der Waals surface area contributed by atoms with Crippen LogP contribution >= 0.6 is 0 Å². The summed E-state index contributed by atoms with van der Waals surface area (Å²) in [7, 11) is 0. The zero-order valence-corrected chi connectivity index (χ0v) is 16.2. The van der Waals surface area contributed by atoms with Crippen LogP contribution in [0.4, 0.5) is 5.69 Å². The summed E-state index contributed by atoms with van der Waals surface area (Å²) in [5.74, 6) is -1.78. The second kappa shape index (κ2) is 8.15. The molecule has 0 aliphatic heterocycles. The number of nitro benzene ring substituents is 1. The number of nitro groups is 1. The average molecular weight is 389 g/mol. The summed E-state index contributed by atoms with van der Waals surface area (Å²) in [6.07, 6.45) is 0.895. The Labute approximate surface area is 161 Å². The van der Waals surface area contributed by atoms with Crippen LogP contribution in [0.15, 0.2) is 24.3 Å². The number of aliphatic carboxylic acids is 1. The molecule has 1 aromatic heterocycles. The zero-order valence-electron chi connectivity index (χ0n) is 16.2. The number of nitrogens with zero attached hydrogens (tertiary/aromatic N) is 4. The van der Waals surface area contributed by atoms with Gasteiger partial charge in [-0.1, -0.05) is 32.1 Å². The van der Waals surface area contributed by atoms with Gasteiger partial charge in [0.25, 0.3) is 11.6 Å². The Morgan fingerprint density at radius 2 is 2.04 bits per heavy atom. The highest BCUT2D eigenvalue weighted by Gasteiger charge is 2.26. The molecule has 1 amide bonds. The third-order valence-corrected chi connectivity index (χ3v) is 4.18. The van der Waals surface area contributed by atoms with E-state index in [2.05, 4.69) is 15.6 Å². The highest BCUT2D eigenvalue weighted by atomic mass is 16.6. The topological polar surface area (TPSA) is 140 Å². The van der Waals surface area contributed by atoms with Crippen molar-refractivity contribution in [1.29, 1.82) is 0 Å². The first-order chi connectivity index (χ1) is 13.0. The molecule has 10 nitrogen and oxygen atoms in total. The molecule has 2 N–H and O–H groups in total. The Morgan fingerprint density at radius 1 is 1.36 bits per heavy atom. The van der Waals surface area contributed by atoms with Crippen LogP contribution in [0.1, 0.15) is 49.8 Å². The molecule has 10 heteroatoms. The number of benzene rings is 1. The standard InChI is InChI=1S/C18H23N5O5/c1-11-15(16(24)19-14(17(25)26)8-9-18(2,3)4)20-21-22(11)12-6-5-7-13(10-12)23(27)28/h5-7,10,14H,8-9H2,1-4H3,(H,19,24)(H,25,26). The third-order valence-electron chi connectivity index (χ3n) is 4.18. The summed E-state index contributed by atoms with van der Waals surface area (Å²) in [4.78, 5) is 34.4. The lowest BCUT2D eigenvalue weighted by Gasteiger charge is -2.21. The van der Waals surface area contributed by atoms with Gasteiger partial charge in [0.1, 0.15) is 6.04 Å². The van der Waals surface area contributed by atoms with E-state index in [1.165, 1.54) is 22.9 Å². The fourth-order valence-corrected chi connectivity index (χ4v) is 2.58. The molecule has 0 fully saturated rings. The SMILES string of the molecule is Cc1c(C(=O)NC(CCC(C)(C)C)C(=O)O)nnn1-c1cccc([N+](=O)[O-])c1. The van der Waals surface area contributed by atoms with Crippen molar-refractivity contribution in [2.24, 2.45) is 5.41 Å². The fourth-order valence-electron chi connectivity index (χ4n) is 2.58. The van der Waals surface area contributed by atoms with Crippen LogP contribution in [-0.2, 0) is 4.79 Å². The van der Waals surface area contributed by atoms with Gasteiger partial charge in [-0.2, -0.15) is 0 Å². The van der Waals surface area contributed by atoms with E-state index in [-0.39, 0.29) is 23.2 Å². The van der Waals surface area contributed by atoms with Crippen LogP contribution in [0.2, 0.25) is 0 Å². The molecule has 1 atom stereocenters. The molecule has 2 aromatic rings. The van der Waals surface area contributed by atoms with Crippen molar-refractivity contribution in [3.63, 3.8) is 0 Å². The number of non-ortho nitro benzene ring substituents is 1. The third kappa shape index (κ3) is 5.12. The van der Waals surface area contributed by atoms with Crippen LogP contribution in [0.3, 0.4) is 0 Å². The Kier molecular flexibility index (Phi) is 6.12. The second-order valence-corrected chi connectivity index (χ2v) is 7.68. The van der Waals surface area contributed by atoms with E-state index >= 15 is 0 Å². The predicted octanol–water partition coefficient (Wildman–Crippen LogP) is 2.49. The molecular formula is C18H23N5O5. The van der Waals surface area contributed by atoms with Gasteiger partial charge in [0.2, 0.25) is 0 Å². The summed E-state index contributed by atoms with van der Waals surface area (Å²) in [5.41, 5.74) is 0.498. The molecule has 28 heavy (non-hydrogen) atoms. The number of amides is 1. The maximum Gasteiger partial charge on any atom is 0.326 e. The number of hydrogen-bond donors (Lipinski definition) is 2. The van der Waals surface area contributed by atoms with Crippen molar-refractivity contribution in [2.75, 3.05) is 0 Å². The van der Waals surface area contributed by atoms with Gasteiger partial charge >= 0.3 is 5.97 Å². The Hall–Kier alpha value is -3.30. The first kappa shape index (κ1) is 21.0. The molecule has 150 valence electrons. The molecule has 0 aliphatic carbocycles. The Bertz CT molecular complexity index is 900. The summed E-state index contributed by atoms with van der Waals surface area (Å²) < 4.78 is 1.30. The van der Waals surface area contributed by atoms with E-state index in [0.717, 1.165) is 0 Å². The number of carboxylic acid groups (broad SMARTS) is 1. The molecule has 2 rings (SSSR count). The Morgan fingerprint density at radius 3 is 2.61 bits per heavy atom. The second-order valence-electron chi connectivity index (χ2n) is 7.68. The van der Waals surface area contributed by atoms with Gasteiger partial charge in [-0.15, -0.1) is 5.10 Å². The van der Waals surface area contributed by atoms with E-state index < -0.39 is 22.8 Å². The van der Waals surface area contributed by atoms with Gasteiger partial charge in [0.05, 0.1) is 16.3 Å². The maximum absolute atomic E-state index is 12.5. The number of carboxylic acids is 1. The van der Waals surface area contributed by atoms with Crippen LogP contribution in [0.5, 0.6) is 0 Å². The first-order valence-corrected chi connectivity index (χ1v) is 8.70. The van der Waals surface area contributed by atoms with Gasteiger partial charge in [-0.05, 0) is 31.2 Å². The summed E-state index contributed by atoms with van der Waals surface area (Å²) >= 11 is 0. The van der Waals surface area contributed by atoms with Crippen LogP contribution in [-0.4, -0.2) is 42.9 Å². The fraction of sp³-hybridized carbons (Fsp3) is 0.444. The molecule has 1 heterocycles. The Balaban J connectivity index is 2.22. The number of carbonyl (C=O) groups excluding carboxylic acids is 1. The van der Waals surface area contributed by atoms with Crippen molar-refractivity contribution in [2.45, 2.75) is 46.6 Å². The van der Waals surface area contributed by atoms with E-state index in [4.69, 9.17) is 0 Å². The minimum Gasteiger partial charge on any atom is -0.480 e. The number of carbonyl (C=O) groups is 2. The first-order valence-electron chi connectivity index (χ1n) is 8.70. The molecule has 0 bridgehead atoms. The maximum atomic E-state index is 12.5. The molecule has 0 saturated carbocycles.